The molecule has 1 N–H and O–H groups in total. The number of nitrogens with zero attached hydrogens (tertiary/aromatic N) is 1. The van der Waals surface area contributed by atoms with Crippen molar-refractivity contribution in [3.8, 4) is 0 Å². The fourth-order valence-electron chi connectivity index (χ4n) is 1.94. The zero-order valence-electron chi connectivity index (χ0n) is 11.9. The van der Waals surface area contributed by atoms with E-state index in [-0.39, 0.29) is 18.7 Å². The number of halogens is 3. The van der Waals surface area contributed by atoms with Gasteiger partial charge in [0.1, 0.15) is 12.3 Å². The predicted molar refractivity (Wildman–Crippen MR) is 69.0 cm³/mol. The molecule has 0 radical (unpaired) electrons. The lowest BCUT2D eigenvalue weighted by atomic mass is 10.2. The zero-order chi connectivity index (χ0) is 15.2. The van der Waals surface area contributed by atoms with Crippen LogP contribution in [0.4, 0.5) is 13.2 Å². The van der Waals surface area contributed by atoms with Crippen LogP contribution in [0.5, 0.6) is 0 Å². The summed E-state index contributed by atoms with van der Waals surface area (Å²) in [5.74, 6) is 0.587. The normalized spacial score (nSPS) is 15.6. The molecule has 0 aliphatic heterocycles. The van der Waals surface area contributed by atoms with Gasteiger partial charge in [-0.3, -0.25) is 0 Å². The molecule has 0 saturated heterocycles. The molecule has 1 rings (SSSR count). The molecule has 1 heterocycles. The number of methoxy groups -OCH3 is 1. The molecular formula is C13H21F3N2O2. The van der Waals surface area contributed by atoms with Crippen LogP contribution in [0.1, 0.15) is 32.1 Å². The van der Waals surface area contributed by atoms with Crippen molar-refractivity contribution in [3.63, 3.8) is 0 Å². The minimum atomic E-state index is -4.28. The molecule has 7 heteroatoms. The lowest BCUT2D eigenvalue weighted by molar-refractivity contribution is -0.163. The van der Waals surface area contributed by atoms with Crippen LogP contribution >= 0.6 is 0 Å². The van der Waals surface area contributed by atoms with E-state index < -0.39 is 12.7 Å². The van der Waals surface area contributed by atoms with E-state index in [2.05, 4.69) is 5.43 Å². The monoisotopic (exact) mass is 294 g/mol. The first-order valence-corrected chi connectivity index (χ1v) is 6.49. The van der Waals surface area contributed by atoms with Gasteiger partial charge in [-0.2, -0.15) is 13.2 Å². The van der Waals surface area contributed by atoms with Crippen LogP contribution in [0.25, 0.3) is 0 Å². The summed E-state index contributed by atoms with van der Waals surface area (Å²) in [5.41, 5.74) is 2.85. The van der Waals surface area contributed by atoms with Crippen LogP contribution in [0, 0.1) is 0 Å². The Kier molecular flexibility index (Phi) is 6.51. The summed E-state index contributed by atoms with van der Waals surface area (Å²) in [4.78, 5) is 0. The Morgan fingerprint density at radius 1 is 1.45 bits per heavy atom. The predicted octanol–water partition coefficient (Wildman–Crippen LogP) is 3.13. The first-order chi connectivity index (χ1) is 9.37. The summed E-state index contributed by atoms with van der Waals surface area (Å²) in [5, 5.41) is 1.18. The van der Waals surface area contributed by atoms with Crippen molar-refractivity contribution in [3.05, 3.63) is 24.2 Å². The summed E-state index contributed by atoms with van der Waals surface area (Å²) in [6.45, 7) is 2.76. The van der Waals surface area contributed by atoms with Crippen LogP contribution in [-0.4, -0.2) is 37.5 Å². The average molecular weight is 294 g/mol. The molecule has 1 unspecified atom stereocenters. The largest absolute Gasteiger partial charge is 0.468 e. The van der Waals surface area contributed by atoms with Crippen LogP contribution in [0.2, 0.25) is 0 Å². The quantitative estimate of drug-likeness (QED) is 0.748. The maximum Gasteiger partial charge on any atom is 0.402 e. The third kappa shape index (κ3) is 5.52. The maximum absolute atomic E-state index is 12.7. The molecule has 1 aromatic rings. The number of rotatable bonds is 8. The van der Waals surface area contributed by atoms with Crippen LogP contribution in [0.15, 0.2) is 22.8 Å². The van der Waals surface area contributed by atoms with E-state index in [1.807, 2.05) is 6.92 Å². The van der Waals surface area contributed by atoms with Gasteiger partial charge in [0.25, 0.3) is 0 Å². The van der Waals surface area contributed by atoms with Crippen molar-refractivity contribution >= 4 is 0 Å². The minimum Gasteiger partial charge on any atom is -0.468 e. The third-order valence-corrected chi connectivity index (χ3v) is 2.95. The maximum atomic E-state index is 12.7. The molecule has 4 nitrogen and oxygen atoms in total. The molecule has 0 aliphatic carbocycles. The highest BCUT2D eigenvalue weighted by atomic mass is 19.4. The number of hydrogen-bond acceptors (Lipinski definition) is 4. The Bertz CT molecular complexity index is 368. The van der Waals surface area contributed by atoms with Gasteiger partial charge in [-0.1, -0.05) is 6.92 Å². The Labute approximate surface area is 116 Å². The minimum absolute atomic E-state index is 0.227. The molecule has 0 spiro atoms. The van der Waals surface area contributed by atoms with Gasteiger partial charge in [0.2, 0.25) is 0 Å². The lowest BCUT2D eigenvalue weighted by Crippen LogP contribution is -2.52. The zero-order valence-corrected chi connectivity index (χ0v) is 11.9. The number of alkyl halides is 3. The molecular weight excluding hydrogens is 273 g/mol. The fourth-order valence-corrected chi connectivity index (χ4v) is 1.94. The number of nitrogens with one attached hydrogen (secondary N) is 1. The third-order valence-electron chi connectivity index (χ3n) is 2.95. The van der Waals surface area contributed by atoms with Crippen molar-refractivity contribution < 1.29 is 22.3 Å². The first-order valence-electron chi connectivity index (χ1n) is 6.49. The van der Waals surface area contributed by atoms with E-state index in [1.54, 1.807) is 19.1 Å². The Morgan fingerprint density at radius 2 is 2.15 bits per heavy atom. The highest BCUT2D eigenvalue weighted by Gasteiger charge is 2.34. The van der Waals surface area contributed by atoms with E-state index in [1.165, 1.54) is 18.4 Å². The van der Waals surface area contributed by atoms with Crippen molar-refractivity contribution in [2.24, 2.45) is 0 Å². The highest BCUT2D eigenvalue weighted by Crippen LogP contribution is 2.20. The van der Waals surface area contributed by atoms with Crippen LogP contribution < -0.4 is 5.43 Å². The van der Waals surface area contributed by atoms with Crippen LogP contribution in [0.3, 0.4) is 0 Å². The van der Waals surface area contributed by atoms with Crippen molar-refractivity contribution in [2.75, 3.05) is 20.3 Å². The molecule has 0 saturated carbocycles. The molecule has 2 atom stereocenters. The second-order valence-corrected chi connectivity index (χ2v) is 4.63. The summed E-state index contributed by atoms with van der Waals surface area (Å²) in [6, 6.07) is 2.71. The van der Waals surface area contributed by atoms with Gasteiger partial charge in [0.05, 0.1) is 18.9 Å². The Hall–Kier alpha value is -1.05. The summed E-state index contributed by atoms with van der Waals surface area (Å²) >= 11 is 0. The molecule has 0 bridgehead atoms. The first kappa shape index (κ1) is 17.0. The number of hydrogen-bond donors (Lipinski definition) is 1. The van der Waals surface area contributed by atoms with E-state index in [0.717, 1.165) is 0 Å². The van der Waals surface area contributed by atoms with Crippen molar-refractivity contribution in [2.45, 2.75) is 38.5 Å². The second kappa shape index (κ2) is 7.66. The van der Waals surface area contributed by atoms with Gasteiger partial charge >= 0.3 is 6.18 Å². The van der Waals surface area contributed by atoms with Gasteiger partial charge in [-0.25, -0.2) is 10.4 Å². The molecule has 116 valence electrons. The van der Waals surface area contributed by atoms with Gasteiger partial charge in [-0.05, 0) is 25.5 Å². The van der Waals surface area contributed by atoms with Crippen molar-refractivity contribution in [1.82, 2.24) is 10.4 Å². The smallest absolute Gasteiger partial charge is 0.402 e. The summed E-state index contributed by atoms with van der Waals surface area (Å²) in [6.07, 6.45) is -2.24. The number of hydrazine groups is 1. The lowest BCUT2D eigenvalue weighted by Gasteiger charge is -2.33. The van der Waals surface area contributed by atoms with Gasteiger partial charge < -0.3 is 9.15 Å². The number of furan rings is 1. The number of ether oxygens (including phenoxy) is 1. The van der Waals surface area contributed by atoms with E-state index in [9.17, 15) is 13.2 Å². The fraction of sp³-hybridized carbons (Fsp3) is 0.692. The summed E-state index contributed by atoms with van der Waals surface area (Å²) < 4.78 is 48.3. The Morgan fingerprint density at radius 3 is 2.60 bits per heavy atom. The van der Waals surface area contributed by atoms with Gasteiger partial charge in [-0.15, -0.1) is 0 Å². The van der Waals surface area contributed by atoms with E-state index in [4.69, 9.17) is 9.15 Å². The van der Waals surface area contributed by atoms with E-state index >= 15 is 0 Å². The topological polar surface area (TPSA) is 37.6 Å². The van der Waals surface area contributed by atoms with Crippen LogP contribution in [-0.2, 0) is 4.74 Å². The molecule has 1 aromatic heterocycles. The SMILES string of the molecule is CC[C@H](COC)N(CC(F)(F)F)NC(C)c1ccco1. The Balaban J connectivity index is 2.75. The molecule has 0 amide bonds. The second-order valence-electron chi connectivity index (χ2n) is 4.63. The molecule has 0 aliphatic rings. The van der Waals surface area contributed by atoms with Gasteiger partial charge in [0, 0.05) is 13.2 Å². The summed E-state index contributed by atoms with van der Waals surface area (Å²) in [7, 11) is 1.48. The molecule has 0 fully saturated rings. The highest BCUT2D eigenvalue weighted by molar-refractivity contribution is 5.02. The average Bonchev–Trinajstić information content (AvgIpc) is 2.87. The molecule has 20 heavy (non-hydrogen) atoms. The van der Waals surface area contributed by atoms with Crippen molar-refractivity contribution in [1.29, 1.82) is 0 Å². The molecule has 0 aromatic carbocycles. The van der Waals surface area contributed by atoms with Gasteiger partial charge in [0.15, 0.2) is 0 Å². The standard InChI is InChI=1S/C13H21F3N2O2/c1-4-11(8-19-3)18(9-13(14,15)16)17-10(2)12-6-5-7-20-12/h5-7,10-11,17H,4,8-9H2,1-3H3/t10?,11-/m1/s1. The van der Waals surface area contributed by atoms with E-state index in [0.29, 0.717) is 12.2 Å².